The Hall–Kier alpha value is -1.49. The lowest BCUT2D eigenvalue weighted by atomic mass is 10.0. The maximum absolute atomic E-state index is 5.38. The highest BCUT2D eigenvalue weighted by Crippen LogP contribution is 2.36. The summed E-state index contributed by atoms with van der Waals surface area (Å²) in [6.45, 7) is 6.19. The van der Waals surface area contributed by atoms with Gasteiger partial charge in [0.25, 0.3) is 0 Å². The molecule has 2 heterocycles. The number of rotatable bonds is 2. The molecule has 1 aliphatic heterocycles. The van der Waals surface area contributed by atoms with Crippen molar-refractivity contribution in [3.63, 3.8) is 0 Å². The largest absolute Gasteiger partial charge is 0.496 e. The monoisotopic (exact) mass is 335 g/mol. The zero-order valence-electron chi connectivity index (χ0n) is 12.0. The molecule has 1 aromatic heterocycles. The topological polar surface area (TPSA) is 39.1 Å². The second-order valence-corrected chi connectivity index (χ2v) is 5.82. The number of fused-ring (bicyclic) bond motifs is 1. The summed E-state index contributed by atoms with van der Waals surface area (Å²) in [5.41, 5.74) is 4.52. The van der Waals surface area contributed by atoms with Crippen LogP contribution in [-0.2, 0) is 6.54 Å². The van der Waals surface area contributed by atoms with Gasteiger partial charge in [0.15, 0.2) is 0 Å². The van der Waals surface area contributed by atoms with Crippen LogP contribution in [0.5, 0.6) is 5.75 Å². The van der Waals surface area contributed by atoms with Crippen molar-refractivity contribution in [2.24, 2.45) is 0 Å². The van der Waals surface area contributed by atoms with Gasteiger partial charge >= 0.3 is 0 Å². The molecule has 0 bridgehead atoms. The van der Waals surface area contributed by atoms with Crippen LogP contribution >= 0.6 is 15.9 Å². The number of ether oxygens (including phenoxy) is 1. The van der Waals surface area contributed by atoms with Crippen LogP contribution in [-0.4, -0.2) is 23.2 Å². The molecule has 0 atom stereocenters. The molecular weight excluding hydrogens is 318 g/mol. The molecule has 1 N–H and O–H groups in total. The second kappa shape index (κ2) is 5.13. The van der Waals surface area contributed by atoms with Gasteiger partial charge in [0.1, 0.15) is 16.0 Å². The van der Waals surface area contributed by atoms with Crippen molar-refractivity contribution < 1.29 is 4.74 Å². The fourth-order valence-electron chi connectivity index (χ4n) is 2.65. The van der Waals surface area contributed by atoms with Crippen molar-refractivity contribution in [3.05, 3.63) is 27.9 Å². The van der Waals surface area contributed by atoms with Crippen LogP contribution in [0.3, 0.4) is 0 Å². The van der Waals surface area contributed by atoms with E-state index in [0.717, 1.165) is 52.6 Å². The molecule has 0 aliphatic carbocycles. The third kappa shape index (κ3) is 2.00. The zero-order valence-corrected chi connectivity index (χ0v) is 13.5. The van der Waals surface area contributed by atoms with E-state index in [-0.39, 0.29) is 0 Å². The van der Waals surface area contributed by atoms with E-state index >= 15 is 0 Å². The molecule has 3 rings (SSSR count). The Labute approximate surface area is 127 Å². The standard InChI is InChI=1S/C15H18BrN3O/c1-9-10(2)12(20-3)6-5-11(9)13-14(16)19-8-4-7-17-15(19)18-13/h5-6H,4,7-8H2,1-3H3,(H,17,18). The molecule has 0 saturated carbocycles. The molecule has 0 unspecified atom stereocenters. The molecule has 2 aromatic rings. The molecule has 106 valence electrons. The third-order valence-corrected chi connectivity index (χ3v) is 4.76. The van der Waals surface area contributed by atoms with Crippen molar-refractivity contribution in [3.8, 4) is 17.0 Å². The zero-order chi connectivity index (χ0) is 14.3. The van der Waals surface area contributed by atoms with E-state index in [9.17, 15) is 0 Å². The highest BCUT2D eigenvalue weighted by molar-refractivity contribution is 9.10. The number of nitrogens with one attached hydrogen (secondary N) is 1. The lowest BCUT2D eigenvalue weighted by molar-refractivity contribution is 0.411. The van der Waals surface area contributed by atoms with Crippen molar-refractivity contribution >= 4 is 21.9 Å². The van der Waals surface area contributed by atoms with Crippen LogP contribution in [0.25, 0.3) is 11.3 Å². The Bertz CT molecular complexity index is 664. The van der Waals surface area contributed by atoms with Gasteiger partial charge in [-0.05, 0) is 59.5 Å². The maximum atomic E-state index is 5.38. The van der Waals surface area contributed by atoms with E-state index in [1.165, 1.54) is 5.56 Å². The molecule has 20 heavy (non-hydrogen) atoms. The number of nitrogens with zero attached hydrogens (tertiary/aromatic N) is 2. The first-order valence-electron chi connectivity index (χ1n) is 6.78. The van der Waals surface area contributed by atoms with E-state index in [1.807, 2.05) is 6.07 Å². The Kier molecular flexibility index (Phi) is 3.46. The lowest BCUT2D eigenvalue weighted by Gasteiger charge is -2.15. The number of benzene rings is 1. The summed E-state index contributed by atoms with van der Waals surface area (Å²) in [7, 11) is 1.70. The van der Waals surface area contributed by atoms with Crippen LogP contribution in [0.2, 0.25) is 0 Å². The predicted molar refractivity (Wildman–Crippen MR) is 84.5 cm³/mol. The minimum atomic E-state index is 0.921. The molecule has 1 aliphatic rings. The lowest BCUT2D eigenvalue weighted by Crippen LogP contribution is -2.17. The summed E-state index contributed by atoms with van der Waals surface area (Å²) in [6.07, 6.45) is 1.13. The molecule has 1 aromatic carbocycles. The average Bonchev–Trinajstić information content (AvgIpc) is 2.80. The molecule has 0 fully saturated rings. The van der Waals surface area contributed by atoms with Gasteiger partial charge in [0.2, 0.25) is 5.95 Å². The highest BCUT2D eigenvalue weighted by atomic mass is 79.9. The Morgan fingerprint density at radius 1 is 1.30 bits per heavy atom. The number of imidazole rings is 1. The number of aromatic nitrogens is 2. The summed E-state index contributed by atoms with van der Waals surface area (Å²) >= 11 is 3.70. The highest BCUT2D eigenvalue weighted by Gasteiger charge is 2.20. The molecule has 0 radical (unpaired) electrons. The molecule has 0 saturated heterocycles. The maximum Gasteiger partial charge on any atom is 0.204 e. The van der Waals surface area contributed by atoms with Crippen LogP contribution in [0.1, 0.15) is 17.5 Å². The van der Waals surface area contributed by atoms with Crippen LogP contribution in [0.15, 0.2) is 16.7 Å². The Morgan fingerprint density at radius 3 is 2.80 bits per heavy atom. The van der Waals surface area contributed by atoms with Crippen molar-refractivity contribution in [1.82, 2.24) is 9.55 Å². The van der Waals surface area contributed by atoms with Gasteiger partial charge in [-0.2, -0.15) is 0 Å². The van der Waals surface area contributed by atoms with Crippen molar-refractivity contribution in [1.29, 1.82) is 0 Å². The fourth-order valence-corrected chi connectivity index (χ4v) is 3.30. The normalized spacial score (nSPS) is 13.8. The molecule has 0 amide bonds. The summed E-state index contributed by atoms with van der Waals surface area (Å²) in [4.78, 5) is 4.74. The van der Waals surface area contributed by atoms with E-state index in [0.29, 0.717) is 0 Å². The first kappa shape index (κ1) is 13.5. The fraction of sp³-hybridized carbons (Fsp3) is 0.400. The van der Waals surface area contributed by atoms with E-state index in [4.69, 9.17) is 9.72 Å². The minimum absolute atomic E-state index is 0.921. The molecule has 0 spiro atoms. The second-order valence-electron chi connectivity index (χ2n) is 5.07. The van der Waals surface area contributed by atoms with E-state index in [2.05, 4.69) is 45.7 Å². The van der Waals surface area contributed by atoms with Gasteiger partial charge in [-0.15, -0.1) is 0 Å². The Morgan fingerprint density at radius 2 is 2.10 bits per heavy atom. The summed E-state index contributed by atoms with van der Waals surface area (Å²) in [5, 5.41) is 3.35. The average molecular weight is 336 g/mol. The number of halogens is 1. The minimum Gasteiger partial charge on any atom is -0.496 e. The molecule has 5 heteroatoms. The first-order chi connectivity index (χ1) is 9.63. The van der Waals surface area contributed by atoms with E-state index < -0.39 is 0 Å². The Balaban J connectivity index is 2.14. The smallest absolute Gasteiger partial charge is 0.204 e. The molecule has 4 nitrogen and oxygen atoms in total. The van der Waals surface area contributed by atoms with Gasteiger partial charge in [0.05, 0.1) is 7.11 Å². The van der Waals surface area contributed by atoms with Gasteiger partial charge in [0, 0.05) is 18.7 Å². The quantitative estimate of drug-likeness (QED) is 0.908. The van der Waals surface area contributed by atoms with Gasteiger partial charge in [-0.25, -0.2) is 4.98 Å². The van der Waals surface area contributed by atoms with Crippen molar-refractivity contribution in [2.75, 3.05) is 19.0 Å². The number of hydrogen-bond donors (Lipinski definition) is 1. The summed E-state index contributed by atoms with van der Waals surface area (Å²) in [6, 6.07) is 4.09. The summed E-state index contributed by atoms with van der Waals surface area (Å²) in [5.74, 6) is 1.87. The third-order valence-electron chi connectivity index (χ3n) is 3.96. The number of methoxy groups -OCH3 is 1. The molecular formula is C15H18BrN3O. The van der Waals surface area contributed by atoms with Crippen molar-refractivity contribution in [2.45, 2.75) is 26.8 Å². The number of hydrogen-bond acceptors (Lipinski definition) is 3. The van der Waals surface area contributed by atoms with Crippen LogP contribution < -0.4 is 10.1 Å². The SMILES string of the molecule is COc1ccc(-c2nc3n(c2Br)CCCN3)c(C)c1C. The van der Waals surface area contributed by atoms with Crippen LogP contribution in [0, 0.1) is 13.8 Å². The number of anilines is 1. The van der Waals surface area contributed by atoms with Gasteiger partial charge < -0.3 is 14.6 Å². The van der Waals surface area contributed by atoms with Crippen LogP contribution in [0.4, 0.5) is 5.95 Å². The predicted octanol–water partition coefficient (Wildman–Crippen LogP) is 3.75. The summed E-state index contributed by atoms with van der Waals surface area (Å²) < 4.78 is 8.62. The van der Waals surface area contributed by atoms with Gasteiger partial charge in [-0.3, -0.25) is 0 Å². The first-order valence-corrected chi connectivity index (χ1v) is 7.57. The van der Waals surface area contributed by atoms with Gasteiger partial charge in [-0.1, -0.05) is 0 Å². The van der Waals surface area contributed by atoms with E-state index in [1.54, 1.807) is 7.11 Å².